The van der Waals surface area contributed by atoms with Gasteiger partial charge in [0.2, 0.25) is 0 Å². The Bertz CT molecular complexity index is 445. The van der Waals surface area contributed by atoms with Crippen LogP contribution in [0.5, 0.6) is 0 Å². The van der Waals surface area contributed by atoms with Gasteiger partial charge >= 0.3 is 0 Å². The van der Waals surface area contributed by atoms with Crippen LogP contribution in [0.25, 0.3) is 10.1 Å². The normalized spacial score (nSPS) is 11.0. The number of halogens is 2. The Morgan fingerprint density at radius 1 is 1.31 bits per heavy atom. The van der Waals surface area contributed by atoms with Crippen molar-refractivity contribution in [3.05, 3.63) is 30.2 Å². The number of fused-ring (bicyclic) bond motifs is 1. The van der Waals surface area contributed by atoms with Crippen LogP contribution < -0.4 is 0 Å². The summed E-state index contributed by atoms with van der Waals surface area (Å²) in [5.74, 6) is 0. The Morgan fingerprint density at radius 3 is 2.77 bits per heavy atom. The van der Waals surface area contributed by atoms with Crippen LogP contribution in [0, 0.1) is 6.45 Å². The summed E-state index contributed by atoms with van der Waals surface area (Å²) < 4.78 is 4.29. The number of hydrogen-bond acceptors (Lipinski definition) is 1. The molecule has 0 aliphatic carbocycles. The third-order valence-electron chi connectivity index (χ3n) is 2.08. The minimum absolute atomic E-state index is 1.13. The summed E-state index contributed by atoms with van der Waals surface area (Å²) in [6.45, 7) is 2.22. The molecule has 0 nitrogen and oxygen atoms in total. The summed E-state index contributed by atoms with van der Waals surface area (Å²) in [4.78, 5) is 0. The van der Waals surface area contributed by atoms with E-state index >= 15 is 0 Å². The average Bonchev–Trinajstić information content (AvgIpc) is 2.43. The molecule has 0 amide bonds. The molecule has 1 heterocycles. The molecular weight excluding hydrogens is 406 g/mol. The lowest BCUT2D eigenvalue weighted by atomic mass is 10.1. The Hall–Kier alpha value is 0.640. The summed E-state index contributed by atoms with van der Waals surface area (Å²) in [7, 11) is 0. The van der Waals surface area contributed by atoms with Crippen molar-refractivity contribution >= 4 is 66.6 Å². The number of thiophene rings is 1. The Balaban J connectivity index is 2.84. The highest BCUT2D eigenvalue weighted by Gasteiger charge is 2.08. The smallest absolute Gasteiger partial charge is 0.0799 e. The van der Waals surface area contributed by atoms with Crippen molar-refractivity contribution in [3.63, 3.8) is 0 Å². The summed E-state index contributed by atoms with van der Waals surface area (Å²) in [5.41, 5.74) is 1.48. The predicted molar refractivity (Wildman–Crippen MR) is 76.6 cm³/mol. The molecule has 0 N–H and O–H groups in total. The summed E-state index contributed by atoms with van der Waals surface area (Å²) >= 11 is 6.76. The van der Waals surface area contributed by atoms with Gasteiger partial charge in [0, 0.05) is 13.7 Å². The quantitative estimate of drug-likeness (QED) is 0.596. The molecular formula is C10H8I2S. The molecule has 0 unspecified atom stereocenters. The molecule has 0 radical (unpaired) electrons. The van der Waals surface area contributed by atoms with Crippen LogP contribution in [-0.2, 0) is 6.42 Å². The minimum atomic E-state index is 1.13. The molecule has 3 heteroatoms. The van der Waals surface area contributed by atoms with Gasteiger partial charge in [-0.2, -0.15) is 0 Å². The Labute approximate surface area is 109 Å². The van der Waals surface area contributed by atoms with Gasteiger partial charge in [0.15, 0.2) is 0 Å². The topological polar surface area (TPSA) is 0 Å². The van der Waals surface area contributed by atoms with E-state index in [1.807, 2.05) is 11.3 Å². The SMILES string of the molecule is CCc1cccc2c(I)c(I)sc12. The van der Waals surface area contributed by atoms with Crippen LogP contribution >= 0.6 is 56.5 Å². The molecule has 0 fully saturated rings. The van der Waals surface area contributed by atoms with Crippen molar-refractivity contribution in [3.8, 4) is 0 Å². The molecule has 0 saturated heterocycles. The molecule has 0 aliphatic heterocycles. The van der Waals surface area contributed by atoms with Crippen molar-refractivity contribution in [1.82, 2.24) is 0 Å². The third kappa shape index (κ3) is 1.74. The van der Waals surface area contributed by atoms with Gasteiger partial charge in [0.1, 0.15) is 0 Å². The van der Waals surface area contributed by atoms with Crippen LogP contribution in [0.2, 0.25) is 0 Å². The van der Waals surface area contributed by atoms with E-state index in [4.69, 9.17) is 0 Å². The highest BCUT2D eigenvalue weighted by molar-refractivity contribution is 14.1. The second kappa shape index (κ2) is 4.02. The number of hydrogen-bond donors (Lipinski definition) is 0. The predicted octanol–water partition coefficient (Wildman–Crippen LogP) is 4.67. The van der Waals surface area contributed by atoms with Crippen molar-refractivity contribution in [2.75, 3.05) is 0 Å². The fourth-order valence-electron chi connectivity index (χ4n) is 1.40. The maximum Gasteiger partial charge on any atom is 0.0799 e. The molecule has 68 valence electrons. The van der Waals surface area contributed by atoms with E-state index in [1.165, 1.54) is 22.1 Å². The number of aryl methyl sites for hydroxylation is 1. The van der Waals surface area contributed by atoms with Gasteiger partial charge < -0.3 is 0 Å². The minimum Gasteiger partial charge on any atom is -0.128 e. The highest BCUT2D eigenvalue weighted by atomic mass is 127. The summed E-state index contributed by atoms with van der Waals surface area (Å²) in [6.07, 6.45) is 1.13. The van der Waals surface area contributed by atoms with Crippen molar-refractivity contribution in [2.45, 2.75) is 13.3 Å². The second-order valence-corrected chi connectivity index (χ2v) is 6.75. The second-order valence-electron chi connectivity index (χ2n) is 2.84. The van der Waals surface area contributed by atoms with Crippen LogP contribution in [0.1, 0.15) is 12.5 Å². The Morgan fingerprint density at radius 2 is 2.08 bits per heavy atom. The van der Waals surface area contributed by atoms with Crippen LogP contribution in [0.3, 0.4) is 0 Å². The molecule has 0 spiro atoms. The number of benzene rings is 1. The van der Waals surface area contributed by atoms with E-state index in [9.17, 15) is 0 Å². The van der Waals surface area contributed by atoms with Gasteiger partial charge in [-0.1, -0.05) is 25.1 Å². The Kier molecular flexibility index (Phi) is 3.14. The molecule has 0 atom stereocenters. The molecule has 0 saturated carbocycles. The first-order chi connectivity index (χ1) is 6.24. The van der Waals surface area contributed by atoms with Crippen molar-refractivity contribution < 1.29 is 0 Å². The first kappa shape index (κ1) is 10.2. The lowest BCUT2D eigenvalue weighted by Gasteiger charge is -1.97. The fourth-order valence-corrected chi connectivity index (χ4v) is 4.31. The van der Waals surface area contributed by atoms with Crippen LogP contribution in [0.4, 0.5) is 0 Å². The fraction of sp³-hybridized carbons (Fsp3) is 0.200. The summed E-state index contributed by atoms with van der Waals surface area (Å²) in [5, 5.41) is 1.43. The van der Waals surface area contributed by atoms with Gasteiger partial charge in [0.05, 0.1) is 2.88 Å². The maximum absolute atomic E-state index is 2.43. The molecule has 0 bridgehead atoms. The molecule has 1 aromatic heterocycles. The molecule has 1 aromatic carbocycles. The molecule has 2 aromatic rings. The van der Waals surface area contributed by atoms with Gasteiger partial charge in [-0.3, -0.25) is 0 Å². The van der Waals surface area contributed by atoms with E-state index < -0.39 is 0 Å². The zero-order valence-electron chi connectivity index (χ0n) is 7.10. The van der Waals surface area contributed by atoms with Crippen LogP contribution in [0.15, 0.2) is 18.2 Å². The van der Waals surface area contributed by atoms with E-state index in [0.29, 0.717) is 0 Å². The third-order valence-corrected chi connectivity index (χ3v) is 6.87. The number of rotatable bonds is 1. The van der Waals surface area contributed by atoms with Crippen molar-refractivity contribution in [1.29, 1.82) is 0 Å². The standard InChI is InChI=1S/C10H8I2S/c1-2-6-4-3-5-7-8(11)10(12)13-9(6)7/h3-5H,2H2,1H3. The van der Waals surface area contributed by atoms with Crippen LogP contribution in [-0.4, -0.2) is 0 Å². The first-order valence-electron chi connectivity index (χ1n) is 4.09. The molecule has 0 aliphatic rings. The van der Waals surface area contributed by atoms with Gasteiger partial charge in [0.25, 0.3) is 0 Å². The van der Waals surface area contributed by atoms with Gasteiger partial charge in [-0.15, -0.1) is 11.3 Å². The van der Waals surface area contributed by atoms with E-state index in [1.54, 1.807) is 0 Å². The van der Waals surface area contributed by atoms with E-state index in [-0.39, 0.29) is 0 Å². The molecule has 13 heavy (non-hydrogen) atoms. The maximum atomic E-state index is 2.43. The summed E-state index contributed by atoms with van der Waals surface area (Å²) in [6, 6.07) is 6.60. The van der Waals surface area contributed by atoms with Gasteiger partial charge in [-0.05, 0) is 57.2 Å². The monoisotopic (exact) mass is 414 g/mol. The zero-order chi connectivity index (χ0) is 9.42. The molecule has 2 rings (SSSR count). The van der Waals surface area contributed by atoms with Crippen molar-refractivity contribution in [2.24, 2.45) is 0 Å². The first-order valence-corrected chi connectivity index (χ1v) is 7.06. The van der Waals surface area contributed by atoms with E-state index in [2.05, 4.69) is 70.3 Å². The average molecular weight is 414 g/mol. The highest BCUT2D eigenvalue weighted by Crippen LogP contribution is 2.35. The zero-order valence-corrected chi connectivity index (χ0v) is 12.2. The largest absolute Gasteiger partial charge is 0.128 e. The lowest BCUT2D eigenvalue weighted by Crippen LogP contribution is -1.78. The van der Waals surface area contributed by atoms with Gasteiger partial charge in [-0.25, -0.2) is 0 Å². The van der Waals surface area contributed by atoms with E-state index in [0.717, 1.165) is 6.42 Å². The lowest BCUT2D eigenvalue weighted by molar-refractivity contribution is 1.16.